The third-order valence-electron chi connectivity index (χ3n) is 9.36. The summed E-state index contributed by atoms with van der Waals surface area (Å²) in [7, 11) is 6.06. The summed E-state index contributed by atoms with van der Waals surface area (Å²) in [4.78, 5) is 12.4. The SMILES string of the molecule is CN(C)CC/C=C1/c2ccccc2Sc2ccc(Cl)cc21.CN1CCN(CC/C=C2/c3ccccc3Sc3ccc(S(=O)(=O)N(C)C)cc32)CC1. The molecule has 0 spiro atoms. The summed E-state index contributed by atoms with van der Waals surface area (Å²) in [5, 5.41) is 0.798. The van der Waals surface area contributed by atoms with Crippen LogP contribution >= 0.6 is 35.1 Å². The molecule has 3 aliphatic rings. The minimum Gasteiger partial charge on any atom is -0.309 e. The maximum Gasteiger partial charge on any atom is 0.242 e. The lowest BCUT2D eigenvalue weighted by molar-refractivity contribution is 0.156. The Morgan fingerprint density at radius 3 is 1.80 bits per heavy atom. The quantitative estimate of drug-likeness (QED) is 0.154. The summed E-state index contributed by atoms with van der Waals surface area (Å²) in [6, 6.07) is 28.7. The first-order valence-corrected chi connectivity index (χ1v) is 20.8. The highest BCUT2D eigenvalue weighted by atomic mass is 35.5. The van der Waals surface area contributed by atoms with E-state index in [1.807, 2.05) is 30.0 Å². The van der Waals surface area contributed by atoms with Crippen LogP contribution in [-0.2, 0) is 10.0 Å². The normalized spacial score (nSPS) is 17.5. The van der Waals surface area contributed by atoms with Crippen LogP contribution in [0.15, 0.2) is 122 Å². The van der Waals surface area contributed by atoms with E-state index in [1.54, 1.807) is 31.9 Å². The molecule has 0 bridgehead atoms. The number of piperazine rings is 1. The lowest BCUT2D eigenvalue weighted by Gasteiger charge is -2.32. The summed E-state index contributed by atoms with van der Waals surface area (Å²) in [5.74, 6) is 0. The van der Waals surface area contributed by atoms with E-state index in [1.165, 1.54) is 41.3 Å². The van der Waals surface area contributed by atoms with E-state index in [2.05, 4.69) is 109 Å². The molecule has 4 aromatic rings. The standard InChI is InChI=1S/C23H29N3O2S2.C18H18ClNS/c1-24(2)30(27,28)18-10-11-23-21(17-18)19(20-7-4-5-9-22(20)29-23)8-6-12-26-15-13-25(3)14-16-26;1-20(2)11-5-7-14-15-6-3-4-8-17(15)21-18-10-9-13(19)12-16(14)18/h4-5,7-11,17H,6,12-16H2,1-3H3;3-4,6-10,12H,5,11H2,1-2H3/b19-8-;14-7-. The van der Waals surface area contributed by atoms with E-state index in [4.69, 9.17) is 11.6 Å². The van der Waals surface area contributed by atoms with Crippen LogP contribution in [0.25, 0.3) is 11.1 Å². The number of halogens is 1. The van der Waals surface area contributed by atoms with Gasteiger partial charge in [-0.2, -0.15) is 0 Å². The fourth-order valence-corrected chi connectivity index (χ4v) is 9.71. The summed E-state index contributed by atoms with van der Waals surface area (Å²) >= 11 is 9.74. The maximum atomic E-state index is 12.7. The molecule has 0 radical (unpaired) electrons. The number of likely N-dealkylation sites (N-methyl/N-ethyl adjacent to an activating group) is 1. The minimum absolute atomic E-state index is 0.344. The van der Waals surface area contributed by atoms with Gasteiger partial charge in [-0.25, -0.2) is 12.7 Å². The zero-order valence-corrected chi connectivity index (χ0v) is 33.3. The average Bonchev–Trinajstić information content (AvgIpc) is 3.12. The number of fused-ring (bicyclic) bond motifs is 4. The molecule has 7 rings (SSSR count). The molecule has 3 heterocycles. The summed E-state index contributed by atoms with van der Waals surface area (Å²) < 4.78 is 26.7. The molecule has 0 atom stereocenters. The molecule has 3 aliphatic heterocycles. The number of sulfonamides is 1. The highest BCUT2D eigenvalue weighted by Gasteiger charge is 2.25. The third-order valence-corrected chi connectivity index (χ3v) is 13.7. The molecule has 10 heteroatoms. The van der Waals surface area contributed by atoms with Crippen molar-refractivity contribution < 1.29 is 8.42 Å². The third kappa shape index (κ3) is 9.03. The van der Waals surface area contributed by atoms with Crippen LogP contribution in [0.4, 0.5) is 0 Å². The van der Waals surface area contributed by atoms with Crippen LogP contribution in [0, 0.1) is 0 Å². The fraction of sp³-hybridized carbons (Fsp3) is 0.317. The smallest absolute Gasteiger partial charge is 0.242 e. The number of hydrogen-bond donors (Lipinski definition) is 0. The molecular weight excluding hydrogens is 712 g/mol. The van der Waals surface area contributed by atoms with Gasteiger partial charge in [0.25, 0.3) is 0 Å². The fourth-order valence-electron chi connectivity index (χ4n) is 6.43. The Bertz CT molecular complexity index is 2040. The molecule has 6 nitrogen and oxygen atoms in total. The van der Waals surface area contributed by atoms with Crippen molar-refractivity contribution >= 4 is 56.3 Å². The van der Waals surface area contributed by atoms with Crippen LogP contribution < -0.4 is 0 Å². The topological polar surface area (TPSA) is 47.1 Å². The molecule has 0 saturated carbocycles. The zero-order chi connectivity index (χ0) is 36.1. The van der Waals surface area contributed by atoms with E-state index in [9.17, 15) is 8.42 Å². The predicted molar refractivity (Wildman–Crippen MR) is 216 cm³/mol. The Labute approximate surface area is 318 Å². The molecule has 4 aromatic carbocycles. The van der Waals surface area contributed by atoms with E-state index in [0.717, 1.165) is 73.2 Å². The molecular formula is C41H47ClN4O2S3. The van der Waals surface area contributed by atoms with Crippen LogP contribution in [0.5, 0.6) is 0 Å². The highest BCUT2D eigenvalue weighted by Crippen LogP contribution is 2.47. The van der Waals surface area contributed by atoms with Crippen molar-refractivity contribution in [2.45, 2.75) is 37.3 Å². The number of benzene rings is 4. The van der Waals surface area contributed by atoms with Crippen molar-refractivity contribution in [3.8, 4) is 0 Å². The van der Waals surface area contributed by atoms with Gasteiger partial charge in [-0.3, -0.25) is 0 Å². The van der Waals surface area contributed by atoms with Crippen molar-refractivity contribution in [2.75, 3.05) is 74.5 Å². The van der Waals surface area contributed by atoms with Crippen LogP contribution in [-0.4, -0.2) is 102 Å². The second kappa shape index (κ2) is 16.9. The van der Waals surface area contributed by atoms with E-state index >= 15 is 0 Å². The minimum atomic E-state index is -3.47. The van der Waals surface area contributed by atoms with E-state index in [-0.39, 0.29) is 0 Å². The second-order valence-electron chi connectivity index (χ2n) is 13.5. The van der Waals surface area contributed by atoms with Crippen LogP contribution in [0.2, 0.25) is 5.02 Å². The van der Waals surface area contributed by atoms with Gasteiger partial charge in [-0.05, 0) is 116 Å². The van der Waals surface area contributed by atoms with Crippen molar-refractivity contribution in [2.24, 2.45) is 0 Å². The number of rotatable bonds is 8. The molecule has 0 N–H and O–H groups in total. The van der Waals surface area contributed by atoms with Gasteiger partial charge in [0, 0.05) is 78.0 Å². The lowest BCUT2D eigenvalue weighted by Crippen LogP contribution is -2.44. The monoisotopic (exact) mass is 758 g/mol. The van der Waals surface area contributed by atoms with E-state index < -0.39 is 10.0 Å². The van der Waals surface area contributed by atoms with Crippen LogP contribution in [0.3, 0.4) is 0 Å². The lowest BCUT2D eigenvalue weighted by atomic mass is 9.96. The Morgan fingerprint density at radius 2 is 1.22 bits per heavy atom. The van der Waals surface area contributed by atoms with E-state index in [0.29, 0.717) is 4.90 Å². The van der Waals surface area contributed by atoms with Crippen molar-refractivity contribution in [3.05, 3.63) is 124 Å². The molecule has 0 aliphatic carbocycles. The van der Waals surface area contributed by atoms with Crippen molar-refractivity contribution in [3.63, 3.8) is 0 Å². The van der Waals surface area contributed by atoms with Gasteiger partial charge in [-0.15, -0.1) is 0 Å². The summed E-state index contributed by atoms with van der Waals surface area (Å²) in [6.07, 6.45) is 6.62. The Kier molecular flexibility index (Phi) is 12.5. The largest absolute Gasteiger partial charge is 0.309 e. The van der Waals surface area contributed by atoms with Gasteiger partial charge >= 0.3 is 0 Å². The molecule has 1 saturated heterocycles. The predicted octanol–water partition coefficient (Wildman–Crippen LogP) is 8.66. The number of hydrogen-bond acceptors (Lipinski definition) is 7. The van der Waals surface area contributed by atoms with Crippen molar-refractivity contribution in [1.82, 2.24) is 19.0 Å². The van der Waals surface area contributed by atoms with Gasteiger partial charge in [0.15, 0.2) is 0 Å². The average molecular weight is 760 g/mol. The Hall–Kier alpha value is -2.86. The second-order valence-corrected chi connectivity index (χ2v) is 18.3. The molecule has 51 heavy (non-hydrogen) atoms. The van der Waals surface area contributed by atoms with Crippen LogP contribution in [0.1, 0.15) is 35.1 Å². The first-order chi connectivity index (χ1) is 24.5. The Morgan fingerprint density at radius 1 is 0.686 bits per heavy atom. The highest BCUT2D eigenvalue weighted by molar-refractivity contribution is 7.99. The maximum absolute atomic E-state index is 12.7. The molecule has 1 fully saturated rings. The first-order valence-electron chi connectivity index (χ1n) is 17.4. The van der Waals surface area contributed by atoms with Gasteiger partial charge in [0.1, 0.15) is 0 Å². The molecule has 0 aromatic heterocycles. The molecule has 0 amide bonds. The summed E-state index contributed by atoms with van der Waals surface area (Å²) in [6.45, 7) is 6.52. The van der Waals surface area contributed by atoms with Crippen molar-refractivity contribution in [1.29, 1.82) is 0 Å². The molecule has 0 unspecified atom stereocenters. The zero-order valence-electron chi connectivity index (χ0n) is 30.1. The number of nitrogens with zero attached hydrogens (tertiary/aromatic N) is 4. The van der Waals surface area contributed by atoms with Gasteiger partial charge in [0.2, 0.25) is 10.0 Å². The summed E-state index contributed by atoms with van der Waals surface area (Å²) in [5.41, 5.74) is 7.22. The van der Waals surface area contributed by atoms with Gasteiger partial charge < -0.3 is 14.7 Å². The van der Waals surface area contributed by atoms with Gasteiger partial charge in [-0.1, -0.05) is 83.7 Å². The van der Waals surface area contributed by atoms with Gasteiger partial charge in [0.05, 0.1) is 4.90 Å². The Balaban J connectivity index is 0.000000187. The first kappa shape index (κ1) is 37.9. The molecule has 268 valence electrons.